The van der Waals surface area contributed by atoms with Gasteiger partial charge in [-0.05, 0) is 24.5 Å². The van der Waals surface area contributed by atoms with E-state index in [0.717, 1.165) is 12.1 Å². The van der Waals surface area contributed by atoms with Crippen LogP contribution in [0.3, 0.4) is 0 Å². The van der Waals surface area contributed by atoms with Gasteiger partial charge >= 0.3 is 0 Å². The van der Waals surface area contributed by atoms with Crippen molar-refractivity contribution in [1.29, 1.82) is 0 Å². The molecule has 0 spiro atoms. The van der Waals surface area contributed by atoms with Gasteiger partial charge in [0.1, 0.15) is 0 Å². The van der Waals surface area contributed by atoms with Crippen LogP contribution in [0, 0.1) is 0 Å². The van der Waals surface area contributed by atoms with Gasteiger partial charge in [0.15, 0.2) is 5.78 Å². The predicted octanol–water partition coefficient (Wildman–Crippen LogP) is 3.12. The highest BCUT2D eigenvalue weighted by molar-refractivity contribution is 5.94. The Morgan fingerprint density at radius 2 is 2.15 bits per heavy atom. The lowest BCUT2D eigenvalue weighted by atomic mass is 10.1. The Balaban J connectivity index is 2.80. The minimum absolute atomic E-state index is 0.189. The van der Waals surface area contributed by atoms with Gasteiger partial charge in [-0.25, -0.2) is 0 Å². The minimum Gasteiger partial charge on any atom is -0.356 e. The second kappa shape index (κ2) is 4.26. The van der Waals surface area contributed by atoms with Gasteiger partial charge < -0.3 is 4.98 Å². The van der Waals surface area contributed by atoms with Crippen LogP contribution in [0.25, 0.3) is 0 Å². The van der Waals surface area contributed by atoms with Crippen molar-refractivity contribution in [2.24, 2.45) is 0 Å². The molecule has 1 rings (SSSR count). The topological polar surface area (TPSA) is 32.9 Å². The van der Waals surface area contributed by atoms with Gasteiger partial charge in [0, 0.05) is 12.1 Å². The molecule has 1 aromatic heterocycles. The van der Waals surface area contributed by atoms with Gasteiger partial charge in [-0.3, -0.25) is 4.79 Å². The molecule has 2 nitrogen and oxygen atoms in total. The molecule has 0 aliphatic heterocycles. The van der Waals surface area contributed by atoms with E-state index in [0.29, 0.717) is 12.3 Å². The van der Waals surface area contributed by atoms with E-state index in [4.69, 9.17) is 0 Å². The first kappa shape index (κ1) is 10.0. The fourth-order valence-electron chi connectivity index (χ4n) is 1.27. The van der Waals surface area contributed by atoms with Gasteiger partial charge in [-0.2, -0.15) is 0 Å². The third-order valence-corrected chi connectivity index (χ3v) is 2.47. The highest BCUT2D eigenvalue weighted by atomic mass is 16.1. The molecule has 0 aromatic carbocycles. The van der Waals surface area contributed by atoms with Crippen LogP contribution >= 0.6 is 0 Å². The van der Waals surface area contributed by atoms with Crippen molar-refractivity contribution in [1.82, 2.24) is 4.98 Å². The maximum absolute atomic E-state index is 11.3. The Morgan fingerprint density at radius 3 is 2.69 bits per heavy atom. The summed E-state index contributed by atoms with van der Waals surface area (Å²) >= 11 is 0. The average Bonchev–Trinajstić information content (AvgIpc) is 2.64. The van der Waals surface area contributed by atoms with Crippen LogP contribution in [-0.2, 0) is 0 Å². The summed E-state index contributed by atoms with van der Waals surface area (Å²) in [6, 6.07) is 3.89. The number of aromatic amines is 1. The molecule has 0 bridgehead atoms. The normalized spacial score (nSPS) is 12.8. The van der Waals surface area contributed by atoms with Crippen LogP contribution < -0.4 is 0 Å². The maximum Gasteiger partial charge on any atom is 0.178 e. The first-order valence-electron chi connectivity index (χ1n) is 4.91. The molecular weight excluding hydrogens is 162 g/mol. The third-order valence-electron chi connectivity index (χ3n) is 2.47. The van der Waals surface area contributed by atoms with E-state index in [1.807, 2.05) is 19.1 Å². The molecule has 0 aliphatic rings. The molecule has 1 atom stereocenters. The number of ketones is 1. The summed E-state index contributed by atoms with van der Waals surface area (Å²) in [4.78, 5) is 14.5. The van der Waals surface area contributed by atoms with Crippen LogP contribution in [-0.4, -0.2) is 10.8 Å². The second-order valence-electron chi connectivity index (χ2n) is 3.41. The molecule has 1 aromatic rings. The fourth-order valence-corrected chi connectivity index (χ4v) is 1.27. The molecule has 0 fully saturated rings. The highest BCUT2D eigenvalue weighted by Gasteiger charge is 2.09. The number of rotatable bonds is 4. The molecule has 0 radical (unpaired) electrons. The van der Waals surface area contributed by atoms with Crippen LogP contribution in [0.1, 0.15) is 55.7 Å². The molecule has 2 heteroatoms. The van der Waals surface area contributed by atoms with E-state index in [9.17, 15) is 4.79 Å². The smallest absolute Gasteiger partial charge is 0.178 e. The largest absolute Gasteiger partial charge is 0.356 e. The Morgan fingerprint density at radius 1 is 1.46 bits per heavy atom. The van der Waals surface area contributed by atoms with Crippen molar-refractivity contribution in [2.45, 2.75) is 39.5 Å². The SMILES string of the molecule is CCC(=O)c1ccc(C(C)CC)[nH]1. The number of Topliss-reactive ketones (excluding diaryl/α,β-unsaturated/α-hetero) is 1. The first-order chi connectivity index (χ1) is 6.19. The van der Waals surface area contributed by atoms with Crippen molar-refractivity contribution < 1.29 is 4.79 Å². The number of carbonyl (C=O) groups excluding carboxylic acids is 1. The zero-order valence-electron chi connectivity index (χ0n) is 8.55. The standard InChI is InChI=1S/C11H17NO/c1-4-8(3)9-6-7-10(12-9)11(13)5-2/h6-8,12H,4-5H2,1-3H3. The van der Waals surface area contributed by atoms with E-state index in [1.165, 1.54) is 5.69 Å². The van der Waals surface area contributed by atoms with Gasteiger partial charge in [0.25, 0.3) is 0 Å². The molecule has 0 aliphatic carbocycles. The molecule has 1 unspecified atom stereocenters. The number of hydrogen-bond acceptors (Lipinski definition) is 1. The molecule has 0 saturated carbocycles. The predicted molar refractivity (Wildman–Crippen MR) is 54.1 cm³/mol. The molecule has 13 heavy (non-hydrogen) atoms. The van der Waals surface area contributed by atoms with E-state index in [-0.39, 0.29) is 5.78 Å². The van der Waals surface area contributed by atoms with Gasteiger partial charge in [0.2, 0.25) is 0 Å². The maximum atomic E-state index is 11.3. The van der Waals surface area contributed by atoms with E-state index in [2.05, 4.69) is 18.8 Å². The number of nitrogens with one attached hydrogen (secondary N) is 1. The molecule has 0 saturated heterocycles. The second-order valence-corrected chi connectivity index (χ2v) is 3.41. The molecule has 1 N–H and O–H groups in total. The van der Waals surface area contributed by atoms with Crippen molar-refractivity contribution >= 4 is 5.78 Å². The van der Waals surface area contributed by atoms with Crippen molar-refractivity contribution in [3.05, 3.63) is 23.5 Å². The summed E-state index contributed by atoms with van der Waals surface area (Å²) in [5.41, 5.74) is 1.91. The molecule has 1 heterocycles. The summed E-state index contributed by atoms with van der Waals surface area (Å²) < 4.78 is 0. The number of hydrogen-bond donors (Lipinski definition) is 1. The Kier molecular flexibility index (Phi) is 3.29. The fraction of sp³-hybridized carbons (Fsp3) is 0.545. The zero-order valence-corrected chi connectivity index (χ0v) is 8.55. The third kappa shape index (κ3) is 2.20. The van der Waals surface area contributed by atoms with Crippen LogP contribution in [0.5, 0.6) is 0 Å². The summed E-state index contributed by atoms with van der Waals surface area (Å²) in [6.07, 6.45) is 1.67. The van der Waals surface area contributed by atoms with Crippen molar-refractivity contribution in [3.63, 3.8) is 0 Å². The Bertz CT molecular complexity index is 288. The van der Waals surface area contributed by atoms with Gasteiger partial charge in [-0.1, -0.05) is 20.8 Å². The van der Waals surface area contributed by atoms with Crippen LogP contribution in [0.15, 0.2) is 12.1 Å². The summed E-state index contributed by atoms with van der Waals surface area (Å²) in [5, 5.41) is 0. The number of H-pyrrole nitrogens is 1. The van der Waals surface area contributed by atoms with Gasteiger partial charge in [-0.15, -0.1) is 0 Å². The van der Waals surface area contributed by atoms with Crippen molar-refractivity contribution in [2.75, 3.05) is 0 Å². The lowest BCUT2D eigenvalue weighted by Crippen LogP contribution is -1.98. The van der Waals surface area contributed by atoms with Crippen LogP contribution in [0.4, 0.5) is 0 Å². The summed E-state index contributed by atoms with van der Waals surface area (Å²) in [5.74, 6) is 0.702. The summed E-state index contributed by atoms with van der Waals surface area (Å²) in [7, 11) is 0. The quantitative estimate of drug-likeness (QED) is 0.708. The Hall–Kier alpha value is -1.05. The average molecular weight is 179 g/mol. The lowest BCUT2D eigenvalue weighted by molar-refractivity contribution is 0.0984. The first-order valence-corrected chi connectivity index (χ1v) is 4.91. The minimum atomic E-state index is 0.189. The number of carbonyl (C=O) groups is 1. The van der Waals surface area contributed by atoms with Crippen LogP contribution in [0.2, 0.25) is 0 Å². The highest BCUT2D eigenvalue weighted by Crippen LogP contribution is 2.17. The van der Waals surface area contributed by atoms with Crippen molar-refractivity contribution in [3.8, 4) is 0 Å². The Labute approximate surface area is 79.4 Å². The molecular formula is C11H17NO. The lowest BCUT2D eigenvalue weighted by Gasteiger charge is -2.04. The molecule has 0 amide bonds. The summed E-state index contributed by atoms with van der Waals surface area (Å²) in [6.45, 7) is 6.19. The van der Waals surface area contributed by atoms with E-state index >= 15 is 0 Å². The zero-order chi connectivity index (χ0) is 9.84. The van der Waals surface area contributed by atoms with E-state index in [1.54, 1.807) is 0 Å². The van der Waals surface area contributed by atoms with Gasteiger partial charge in [0.05, 0.1) is 5.69 Å². The molecule has 72 valence electrons. The monoisotopic (exact) mass is 179 g/mol. The van der Waals surface area contributed by atoms with E-state index < -0.39 is 0 Å². The number of aromatic nitrogens is 1.